The first kappa shape index (κ1) is 15.7. The first-order valence-electron chi connectivity index (χ1n) is 6.65. The van der Waals surface area contributed by atoms with Crippen LogP contribution in [0.4, 0.5) is 13.2 Å². The van der Waals surface area contributed by atoms with Crippen molar-refractivity contribution in [3.05, 3.63) is 5.82 Å². The van der Waals surface area contributed by atoms with Gasteiger partial charge in [0.25, 0.3) is 0 Å². The van der Waals surface area contributed by atoms with E-state index in [2.05, 4.69) is 15.5 Å². The molecule has 1 fully saturated rings. The molecule has 0 atom stereocenters. The van der Waals surface area contributed by atoms with Crippen molar-refractivity contribution in [2.24, 2.45) is 0 Å². The minimum Gasteiger partial charge on any atom is -0.340 e. The number of tetrazole rings is 1. The smallest absolute Gasteiger partial charge is 0.340 e. The summed E-state index contributed by atoms with van der Waals surface area (Å²) >= 11 is 0. The van der Waals surface area contributed by atoms with Crippen molar-refractivity contribution in [2.75, 3.05) is 32.7 Å². The van der Waals surface area contributed by atoms with Crippen LogP contribution in [0.2, 0.25) is 0 Å². The van der Waals surface area contributed by atoms with Gasteiger partial charge in [0.05, 0.1) is 13.1 Å². The number of carbonyl (C=O) groups is 1. The second kappa shape index (κ2) is 6.37. The van der Waals surface area contributed by atoms with Crippen LogP contribution in [0.5, 0.6) is 0 Å². The quantitative estimate of drug-likeness (QED) is 0.788. The topological polar surface area (TPSA) is 67.2 Å². The highest BCUT2D eigenvalue weighted by Crippen LogP contribution is 2.17. The highest BCUT2D eigenvalue weighted by Gasteiger charge is 2.32. The molecule has 2 rings (SSSR count). The Bertz CT molecular complexity index is 481. The molecule has 0 bridgehead atoms. The predicted octanol–water partition coefficient (Wildman–Crippen LogP) is 0.0781. The van der Waals surface area contributed by atoms with E-state index in [1.54, 1.807) is 11.8 Å². The van der Waals surface area contributed by atoms with Gasteiger partial charge in [0, 0.05) is 32.6 Å². The Kier molecular flexibility index (Phi) is 4.76. The monoisotopic (exact) mass is 306 g/mol. The molecule has 1 aliphatic heterocycles. The van der Waals surface area contributed by atoms with Gasteiger partial charge in [0.1, 0.15) is 5.82 Å². The van der Waals surface area contributed by atoms with E-state index in [0.29, 0.717) is 25.5 Å². The molecule has 0 saturated carbocycles. The van der Waals surface area contributed by atoms with Gasteiger partial charge in [-0.25, -0.2) is 4.68 Å². The van der Waals surface area contributed by atoms with Gasteiger partial charge in [-0.2, -0.15) is 13.2 Å². The van der Waals surface area contributed by atoms with Crippen molar-refractivity contribution in [3.8, 4) is 0 Å². The van der Waals surface area contributed by atoms with Crippen LogP contribution in [0.1, 0.15) is 12.2 Å². The molecule has 1 aromatic rings. The molecule has 1 saturated heterocycles. The predicted molar refractivity (Wildman–Crippen MR) is 66.2 cm³/mol. The van der Waals surface area contributed by atoms with Gasteiger partial charge < -0.3 is 4.90 Å². The van der Waals surface area contributed by atoms with E-state index in [1.165, 1.54) is 9.58 Å². The fourth-order valence-corrected chi connectivity index (χ4v) is 2.22. The van der Waals surface area contributed by atoms with Crippen LogP contribution in [-0.4, -0.2) is 74.8 Å². The van der Waals surface area contributed by atoms with E-state index in [9.17, 15) is 18.0 Å². The van der Waals surface area contributed by atoms with E-state index in [1.807, 2.05) is 0 Å². The number of piperazine rings is 1. The third-order valence-electron chi connectivity index (χ3n) is 3.38. The third-order valence-corrected chi connectivity index (χ3v) is 3.38. The van der Waals surface area contributed by atoms with Crippen molar-refractivity contribution in [1.29, 1.82) is 0 Å². The Morgan fingerprint density at radius 1 is 1.24 bits per heavy atom. The Morgan fingerprint density at radius 2 is 1.90 bits per heavy atom. The SMILES string of the molecule is Cc1nnnn1CCC(=O)N1CCN(CC(F)(F)F)CC1. The van der Waals surface area contributed by atoms with Gasteiger partial charge in [0.15, 0.2) is 0 Å². The molecule has 118 valence electrons. The molecule has 1 aliphatic rings. The second-order valence-corrected chi connectivity index (χ2v) is 4.97. The highest BCUT2D eigenvalue weighted by molar-refractivity contribution is 5.76. The van der Waals surface area contributed by atoms with Crippen LogP contribution in [0.25, 0.3) is 0 Å². The number of amides is 1. The fraction of sp³-hybridized carbons (Fsp3) is 0.818. The maximum Gasteiger partial charge on any atom is 0.401 e. The third kappa shape index (κ3) is 4.66. The number of aryl methyl sites for hydroxylation is 2. The number of halogens is 3. The van der Waals surface area contributed by atoms with E-state index >= 15 is 0 Å². The van der Waals surface area contributed by atoms with Gasteiger partial charge in [0.2, 0.25) is 5.91 Å². The van der Waals surface area contributed by atoms with E-state index in [4.69, 9.17) is 0 Å². The Morgan fingerprint density at radius 3 is 2.43 bits per heavy atom. The molecular formula is C11H17F3N6O. The molecular weight excluding hydrogens is 289 g/mol. The minimum atomic E-state index is -4.19. The van der Waals surface area contributed by atoms with Crippen LogP contribution < -0.4 is 0 Å². The summed E-state index contributed by atoms with van der Waals surface area (Å²) in [7, 11) is 0. The van der Waals surface area contributed by atoms with Gasteiger partial charge in [-0.15, -0.1) is 5.10 Å². The first-order valence-corrected chi connectivity index (χ1v) is 6.65. The fourth-order valence-electron chi connectivity index (χ4n) is 2.22. The lowest BCUT2D eigenvalue weighted by Gasteiger charge is -2.35. The summed E-state index contributed by atoms with van der Waals surface area (Å²) in [5.41, 5.74) is 0. The van der Waals surface area contributed by atoms with E-state index in [0.717, 1.165) is 0 Å². The lowest BCUT2D eigenvalue weighted by Crippen LogP contribution is -2.51. The number of hydrogen-bond acceptors (Lipinski definition) is 5. The molecule has 21 heavy (non-hydrogen) atoms. The minimum absolute atomic E-state index is 0.0865. The maximum absolute atomic E-state index is 12.3. The van der Waals surface area contributed by atoms with Crippen LogP contribution in [0.3, 0.4) is 0 Å². The standard InChI is InChI=1S/C11H17F3N6O/c1-9-15-16-17-20(9)3-2-10(21)19-6-4-18(5-7-19)8-11(12,13)14/h2-8H2,1H3. The molecule has 7 nitrogen and oxygen atoms in total. The molecule has 0 N–H and O–H groups in total. The molecule has 1 amide bonds. The van der Waals surface area contributed by atoms with Crippen LogP contribution in [0, 0.1) is 6.92 Å². The molecule has 0 unspecified atom stereocenters. The van der Waals surface area contributed by atoms with Crippen molar-refractivity contribution in [1.82, 2.24) is 30.0 Å². The summed E-state index contributed by atoms with van der Waals surface area (Å²) in [6.07, 6.45) is -3.95. The Balaban J connectivity index is 1.74. The van der Waals surface area contributed by atoms with Gasteiger partial charge in [-0.1, -0.05) is 0 Å². The van der Waals surface area contributed by atoms with Gasteiger partial charge in [-0.05, 0) is 17.4 Å². The summed E-state index contributed by atoms with van der Waals surface area (Å²) in [5, 5.41) is 10.9. The maximum atomic E-state index is 12.3. The lowest BCUT2D eigenvalue weighted by molar-refractivity contribution is -0.151. The number of carbonyl (C=O) groups excluding carboxylic acids is 1. The van der Waals surface area contributed by atoms with Crippen LogP contribution in [-0.2, 0) is 11.3 Å². The lowest BCUT2D eigenvalue weighted by atomic mass is 10.2. The summed E-state index contributed by atoms with van der Waals surface area (Å²) in [6, 6.07) is 0. The number of hydrogen-bond donors (Lipinski definition) is 0. The Hall–Kier alpha value is -1.71. The summed E-state index contributed by atoms with van der Waals surface area (Å²) in [6.45, 7) is 2.33. The zero-order valence-corrected chi connectivity index (χ0v) is 11.7. The molecule has 0 aromatic carbocycles. The normalized spacial score (nSPS) is 17.2. The number of aromatic nitrogens is 4. The van der Waals surface area contributed by atoms with Gasteiger partial charge >= 0.3 is 6.18 Å². The summed E-state index contributed by atoms with van der Waals surface area (Å²) in [4.78, 5) is 14.9. The average Bonchev–Trinajstić information content (AvgIpc) is 2.80. The zero-order chi connectivity index (χ0) is 15.5. The molecule has 0 radical (unpaired) electrons. The average molecular weight is 306 g/mol. The van der Waals surface area contributed by atoms with Crippen LogP contribution in [0.15, 0.2) is 0 Å². The number of alkyl halides is 3. The van der Waals surface area contributed by atoms with Crippen molar-refractivity contribution >= 4 is 5.91 Å². The van der Waals surface area contributed by atoms with Crippen LogP contribution >= 0.6 is 0 Å². The summed E-state index contributed by atoms with van der Waals surface area (Å²) in [5.74, 6) is 0.536. The highest BCUT2D eigenvalue weighted by atomic mass is 19.4. The molecule has 1 aromatic heterocycles. The first-order chi connectivity index (χ1) is 9.85. The number of rotatable bonds is 4. The molecule has 0 aliphatic carbocycles. The molecule has 2 heterocycles. The summed E-state index contributed by atoms with van der Waals surface area (Å²) < 4.78 is 38.3. The molecule has 10 heteroatoms. The second-order valence-electron chi connectivity index (χ2n) is 4.97. The van der Waals surface area contributed by atoms with Crippen molar-refractivity contribution in [3.63, 3.8) is 0 Å². The van der Waals surface area contributed by atoms with Gasteiger partial charge in [-0.3, -0.25) is 9.69 Å². The molecule has 0 spiro atoms. The van der Waals surface area contributed by atoms with E-state index < -0.39 is 12.7 Å². The number of nitrogens with zero attached hydrogens (tertiary/aromatic N) is 6. The zero-order valence-electron chi connectivity index (χ0n) is 11.7. The van der Waals surface area contributed by atoms with E-state index in [-0.39, 0.29) is 25.4 Å². The van der Waals surface area contributed by atoms with Crippen molar-refractivity contribution < 1.29 is 18.0 Å². The largest absolute Gasteiger partial charge is 0.401 e. The Labute approximate surface area is 119 Å². The van der Waals surface area contributed by atoms with Crippen molar-refractivity contribution in [2.45, 2.75) is 26.1 Å².